The summed E-state index contributed by atoms with van der Waals surface area (Å²) in [6.45, 7) is 5.05. The Morgan fingerprint density at radius 3 is 2.43 bits per heavy atom. The molecule has 0 spiro atoms. The van der Waals surface area contributed by atoms with Gasteiger partial charge in [-0.15, -0.1) is 0 Å². The molecule has 0 fully saturated rings. The first-order valence-electron chi connectivity index (χ1n) is 2.57. The molecule has 0 bridgehead atoms. The summed E-state index contributed by atoms with van der Waals surface area (Å²) in [6.07, 6.45) is 0. The van der Waals surface area contributed by atoms with Crippen molar-refractivity contribution in [1.29, 1.82) is 0 Å². The molecule has 0 atom stereocenters. The van der Waals surface area contributed by atoms with Gasteiger partial charge in [0.1, 0.15) is 0 Å². The topological polar surface area (TPSA) is 12.4 Å². The van der Waals surface area contributed by atoms with Gasteiger partial charge in [-0.2, -0.15) is 0 Å². The number of rotatable bonds is 1. The highest BCUT2D eigenvalue weighted by atomic mass is 14.7. The van der Waals surface area contributed by atoms with Gasteiger partial charge in [-0.3, -0.25) is 4.99 Å². The van der Waals surface area contributed by atoms with Gasteiger partial charge >= 0.3 is 0 Å². The maximum Gasteiger partial charge on any atom is 0.0607 e. The Bertz CT molecular complexity index is 168. The van der Waals surface area contributed by atoms with Crippen molar-refractivity contribution in [3.63, 3.8) is 0 Å². The van der Waals surface area contributed by atoms with Gasteiger partial charge in [0.05, 0.1) is 5.36 Å². The molecule has 1 aromatic rings. The third-order valence-electron chi connectivity index (χ3n) is 1.00. The molecule has 1 nitrogen and oxygen atoms in total. The average Bonchev–Trinajstić information content (AvgIpc) is 2.22. The minimum Gasteiger partial charge on any atom is -0.285 e. The Balaban J connectivity index is 2.63. The van der Waals surface area contributed by atoms with E-state index in [0.717, 1.165) is 6.54 Å². The molecule has 1 aromatic carbocycles. The summed E-state index contributed by atoms with van der Waals surface area (Å²) in [7, 11) is 0. The van der Waals surface area contributed by atoms with Crippen LogP contribution in [0, 0.1) is 6.92 Å². The molecule has 0 radical (unpaired) electrons. The van der Waals surface area contributed by atoms with Crippen LogP contribution in [-0.4, -0.2) is 6.54 Å². The molecule has 0 aliphatic rings. The van der Waals surface area contributed by atoms with E-state index in [-0.39, 0.29) is 0 Å². The maximum atomic E-state index is 4.14. The highest BCUT2D eigenvalue weighted by molar-refractivity contribution is 5.19. The first kappa shape index (κ1) is 4.57. The molecule has 1 rings (SSSR count). The summed E-state index contributed by atoms with van der Waals surface area (Å²) < 4.78 is 0. The molecule has 0 amide bonds. The van der Waals surface area contributed by atoms with Crippen LogP contribution in [0.4, 0.5) is 0 Å². The lowest BCUT2D eigenvalue weighted by Gasteiger charge is -1.67. The Morgan fingerprint density at radius 2 is 2.29 bits per heavy atom. The zero-order chi connectivity index (χ0) is 5.28. The molecular formula is C6H9N. The van der Waals surface area contributed by atoms with Crippen LogP contribution in [0.5, 0.6) is 0 Å². The first-order chi connectivity index (χ1) is 3.34. The van der Waals surface area contributed by atoms with Crippen molar-refractivity contribution in [3.8, 4) is 0 Å². The van der Waals surface area contributed by atoms with Crippen LogP contribution in [0.15, 0.2) is 11.1 Å². The smallest absolute Gasteiger partial charge is 0.0607 e. The number of nitrogens with zero attached hydrogens (tertiary/aromatic N) is 1. The molecule has 38 valence electrons. The van der Waals surface area contributed by atoms with E-state index in [9.17, 15) is 0 Å². The predicted molar refractivity (Wildman–Crippen MR) is 29.7 cm³/mol. The lowest BCUT2D eigenvalue weighted by Crippen LogP contribution is -1.82. The van der Waals surface area contributed by atoms with E-state index in [2.05, 4.69) is 18.0 Å². The highest BCUT2D eigenvalue weighted by Crippen LogP contribution is 1.88. The SMILES string of the molecule is CCN=c1cc1C. The van der Waals surface area contributed by atoms with Crippen molar-refractivity contribution >= 4 is 0 Å². The van der Waals surface area contributed by atoms with Crippen LogP contribution in [0.1, 0.15) is 12.5 Å². The van der Waals surface area contributed by atoms with Crippen molar-refractivity contribution in [2.75, 3.05) is 6.54 Å². The van der Waals surface area contributed by atoms with Crippen LogP contribution in [0.3, 0.4) is 0 Å². The maximum absolute atomic E-state index is 4.14. The van der Waals surface area contributed by atoms with Crippen molar-refractivity contribution in [2.45, 2.75) is 13.8 Å². The Labute approximate surface area is 43.4 Å². The summed E-state index contributed by atoms with van der Waals surface area (Å²) in [6, 6.07) is 2.09. The second-order valence-electron chi connectivity index (χ2n) is 1.69. The van der Waals surface area contributed by atoms with E-state index in [1.165, 1.54) is 10.9 Å². The molecule has 0 saturated carbocycles. The highest BCUT2D eigenvalue weighted by Gasteiger charge is 1.94. The lowest BCUT2D eigenvalue weighted by molar-refractivity contribution is 1.08. The summed E-state index contributed by atoms with van der Waals surface area (Å²) in [5, 5.41) is 1.21. The van der Waals surface area contributed by atoms with Gasteiger partial charge in [0.15, 0.2) is 0 Å². The average molecular weight is 95.1 g/mol. The van der Waals surface area contributed by atoms with Gasteiger partial charge in [-0.25, -0.2) is 0 Å². The van der Waals surface area contributed by atoms with Crippen LogP contribution in [-0.2, 0) is 0 Å². The molecule has 0 heterocycles. The molecule has 0 N–H and O–H groups in total. The van der Waals surface area contributed by atoms with Gasteiger partial charge in [0, 0.05) is 6.54 Å². The molecule has 0 aromatic heterocycles. The first-order valence-corrected chi connectivity index (χ1v) is 2.57. The third-order valence-corrected chi connectivity index (χ3v) is 1.00. The van der Waals surface area contributed by atoms with Crippen LogP contribution < -0.4 is 5.36 Å². The summed E-state index contributed by atoms with van der Waals surface area (Å²) >= 11 is 0. The largest absolute Gasteiger partial charge is 0.285 e. The fourth-order valence-electron chi connectivity index (χ4n) is 0.510. The van der Waals surface area contributed by atoms with Crippen molar-refractivity contribution in [1.82, 2.24) is 0 Å². The molecule has 0 unspecified atom stereocenters. The van der Waals surface area contributed by atoms with Gasteiger partial charge in [-0.05, 0) is 25.5 Å². The zero-order valence-electron chi connectivity index (χ0n) is 4.73. The van der Waals surface area contributed by atoms with E-state index in [4.69, 9.17) is 0 Å². The van der Waals surface area contributed by atoms with E-state index in [0.29, 0.717) is 0 Å². The van der Waals surface area contributed by atoms with Crippen molar-refractivity contribution in [3.05, 3.63) is 17.0 Å². The second kappa shape index (κ2) is 1.49. The Morgan fingerprint density at radius 1 is 1.71 bits per heavy atom. The molecule has 0 saturated heterocycles. The summed E-state index contributed by atoms with van der Waals surface area (Å²) in [5.74, 6) is 0. The van der Waals surface area contributed by atoms with Gasteiger partial charge in [0.25, 0.3) is 0 Å². The van der Waals surface area contributed by atoms with Crippen LogP contribution in [0.2, 0.25) is 0 Å². The van der Waals surface area contributed by atoms with E-state index < -0.39 is 0 Å². The van der Waals surface area contributed by atoms with Gasteiger partial charge in [-0.1, -0.05) is 0 Å². The number of hydrogen-bond donors (Lipinski definition) is 0. The second-order valence-corrected chi connectivity index (χ2v) is 1.69. The minimum atomic E-state index is 0.920. The monoisotopic (exact) mass is 95.1 g/mol. The Hall–Kier alpha value is -0.590. The zero-order valence-corrected chi connectivity index (χ0v) is 4.73. The van der Waals surface area contributed by atoms with Crippen molar-refractivity contribution < 1.29 is 0 Å². The quantitative estimate of drug-likeness (QED) is 0.489. The standard InChI is InChI=1S/C6H9N/c1-3-7-6-4-5(6)2/h4H,3H2,1-2H3. The molecule has 0 aliphatic heterocycles. The van der Waals surface area contributed by atoms with Gasteiger partial charge in [0.2, 0.25) is 0 Å². The minimum absolute atomic E-state index is 0.920. The van der Waals surface area contributed by atoms with E-state index >= 15 is 0 Å². The van der Waals surface area contributed by atoms with E-state index in [1.54, 1.807) is 0 Å². The summed E-state index contributed by atoms with van der Waals surface area (Å²) in [4.78, 5) is 4.14. The lowest BCUT2D eigenvalue weighted by atomic mass is 10.6. The fourth-order valence-corrected chi connectivity index (χ4v) is 0.510. The summed E-state index contributed by atoms with van der Waals surface area (Å²) in [5.41, 5.74) is 1.35. The molecule has 7 heavy (non-hydrogen) atoms. The number of aryl methyl sites for hydroxylation is 1. The fraction of sp³-hybridized carbons (Fsp3) is 0.500. The molecule has 1 heteroatoms. The molecule has 0 aliphatic carbocycles. The molecular weight excluding hydrogens is 86.1 g/mol. The Kier molecular flexibility index (Phi) is 0.970. The van der Waals surface area contributed by atoms with Crippen LogP contribution in [0.25, 0.3) is 0 Å². The third kappa shape index (κ3) is 0.889. The van der Waals surface area contributed by atoms with Crippen LogP contribution >= 0.6 is 0 Å². The van der Waals surface area contributed by atoms with E-state index in [1.807, 2.05) is 6.92 Å². The normalized spacial score (nSPS) is 13.7. The predicted octanol–water partition coefficient (Wildman–Crippen LogP) is 0.791. The van der Waals surface area contributed by atoms with Gasteiger partial charge < -0.3 is 0 Å². The number of hydrogen-bond acceptors (Lipinski definition) is 1. The van der Waals surface area contributed by atoms with Crippen molar-refractivity contribution in [2.24, 2.45) is 4.99 Å².